The highest BCUT2D eigenvalue weighted by atomic mass is 32.1. The average molecular weight is 328 g/mol. The lowest BCUT2D eigenvalue weighted by Crippen LogP contribution is -2.31. The van der Waals surface area contributed by atoms with Crippen LogP contribution in [0.5, 0.6) is 0 Å². The fraction of sp³-hybridized carbons (Fsp3) is 0.294. The van der Waals surface area contributed by atoms with Crippen molar-refractivity contribution in [2.75, 3.05) is 19.6 Å². The first kappa shape index (κ1) is 14.3. The van der Waals surface area contributed by atoms with Gasteiger partial charge < -0.3 is 15.3 Å². The molecule has 2 N–H and O–H groups in total. The van der Waals surface area contributed by atoms with Gasteiger partial charge in [0.15, 0.2) is 0 Å². The number of carbonyl (C=O) groups is 2. The van der Waals surface area contributed by atoms with E-state index in [1.54, 1.807) is 11.3 Å². The van der Waals surface area contributed by atoms with Crippen LogP contribution in [0, 0.1) is 5.92 Å². The molecule has 1 saturated heterocycles. The number of carbonyl (C=O) groups excluding carboxylic acids is 1. The summed E-state index contributed by atoms with van der Waals surface area (Å²) in [5, 5.41) is 16.3. The number of thiophene rings is 1. The van der Waals surface area contributed by atoms with Gasteiger partial charge in [-0.05, 0) is 39.6 Å². The highest BCUT2D eigenvalue weighted by molar-refractivity contribution is 7.08. The molecule has 4 rings (SSSR count). The van der Waals surface area contributed by atoms with Gasteiger partial charge >= 0.3 is 6.09 Å². The van der Waals surface area contributed by atoms with Crippen LogP contribution in [0.15, 0.2) is 35.0 Å². The highest BCUT2D eigenvalue weighted by Gasteiger charge is 2.39. The topological polar surface area (TPSA) is 69.6 Å². The largest absolute Gasteiger partial charge is 0.465 e. The maximum atomic E-state index is 12.4. The standard InChI is InChI=1S/C17H16N2O3S/c20-16-14-5-10(11-3-4-23-9-11)1-2-13(14)15-8-19(17(21)22)7-12(15)6-18-16/h1-5,9,12,15H,6-8H2,(H,18,20)(H,21,22)/t12-,15-/m0/s1. The second-order valence-electron chi connectivity index (χ2n) is 6.08. The van der Waals surface area contributed by atoms with Gasteiger partial charge in [-0.1, -0.05) is 12.1 Å². The van der Waals surface area contributed by atoms with Gasteiger partial charge in [-0.25, -0.2) is 4.79 Å². The van der Waals surface area contributed by atoms with E-state index in [0.717, 1.165) is 16.7 Å². The molecule has 118 valence electrons. The molecule has 6 heteroatoms. The summed E-state index contributed by atoms with van der Waals surface area (Å²) in [6, 6.07) is 7.99. The van der Waals surface area contributed by atoms with Crippen molar-refractivity contribution in [3.05, 3.63) is 46.2 Å². The van der Waals surface area contributed by atoms with Crippen LogP contribution in [0.3, 0.4) is 0 Å². The summed E-state index contributed by atoms with van der Waals surface area (Å²) in [4.78, 5) is 25.1. The van der Waals surface area contributed by atoms with Crippen molar-refractivity contribution in [3.8, 4) is 11.1 Å². The van der Waals surface area contributed by atoms with Crippen LogP contribution in [0.25, 0.3) is 11.1 Å². The molecule has 1 aromatic heterocycles. The van der Waals surface area contributed by atoms with E-state index < -0.39 is 6.09 Å². The molecule has 2 atom stereocenters. The van der Waals surface area contributed by atoms with Gasteiger partial charge in [0.05, 0.1) is 0 Å². The third-order valence-electron chi connectivity index (χ3n) is 4.79. The second kappa shape index (κ2) is 5.38. The van der Waals surface area contributed by atoms with Crippen LogP contribution >= 0.6 is 11.3 Å². The van der Waals surface area contributed by atoms with Crippen LogP contribution in [0.2, 0.25) is 0 Å². The van der Waals surface area contributed by atoms with E-state index >= 15 is 0 Å². The fourth-order valence-corrected chi connectivity index (χ4v) is 4.26. The Morgan fingerprint density at radius 2 is 2.13 bits per heavy atom. The summed E-state index contributed by atoms with van der Waals surface area (Å²) in [7, 11) is 0. The lowest BCUT2D eigenvalue weighted by atomic mass is 9.86. The fourth-order valence-electron chi connectivity index (χ4n) is 3.59. The summed E-state index contributed by atoms with van der Waals surface area (Å²) in [6.07, 6.45) is -0.888. The Balaban J connectivity index is 1.76. The van der Waals surface area contributed by atoms with Crippen molar-refractivity contribution < 1.29 is 14.7 Å². The first-order valence-corrected chi connectivity index (χ1v) is 8.50. The molecule has 0 bridgehead atoms. The number of likely N-dealkylation sites (tertiary alicyclic amines) is 1. The molecule has 2 aromatic rings. The minimum Gasteiger partial charge on any atom is -0.465 e. The van der Waals surface area contributed by atoms with Crippen LogP contribution in [-0.2, 0) is 0 Å². The van der Waals surface area contributed by atoms with Crippen molar-refractivity contribution in [2.24, 2.45) is 5.92 Å². The predicted molar refractivity (Wildman–Crippen MR) is 87.9 cm³/mol. The predicted octanol–water partition coefficient (Wildman–Crippen LogP) is 2.85. The molecule has 2 aliphatic heterocycles. The van der Waals surface area contributed by atoms with Gasteiger partial charge in [-0.15, -0.1) is 0 Å². The number of rotatable bonds is 1. The van der Waals surface area contributed by atoms with Gasteiger partial charge in [0, 0.05) is 37.0 Å². The van der Waals surface area contributed by atoms with Crippen molar-refractivity contribution in [1.82, 2.24) is 10.2 Å². The highest BCUT2D eigenvalue weighted by Crippen LogP contribution is 2.37. The third-order valence-corrected chi connectivity index (χ3v) is 5.47. The molecule has 2 aliphatic rings. The summed E-state index contributed by atoms with van der Waals surface area (Å²) in [5.74, 6) is 0.160. The van der Waals surface area contributed by atoms with E-state index in [1.165, 1.54) is 4.90 Å². The van der Waals surface area contributed by atoms with E-state index in [9.17, 15) is 14.7 Å². The SMILES string of the molecule is O=C1NC[C@H]2CN(C(=O)O)C[C@@H]2c2ccc(-c3ccsc3)cc21. The molecule has 23 heavy (non-hydrogen) atoms. The number of carboxylic acid groups (broad SMARTS) is 1. The molecule has 0 aliphatic carbocycles. The Morgan fingerprint density at radius 3 is 2.87 bits per heavy atom. The smallest absolute Gasteiger partial charge is 0.407 e. The summed E-state index contributed by atoms with van der Waals surface area (Å²) < 4.78 is 0. The maximum absolute atomic E-state index is 12.4. The van der Waals surface area contributed by atoms with Crippen LogP contribution in [0.4, 0.5) is 4.79 Å². The Hall–Kier alpha value is -2.34. The summed E-state index contributed by atoms with van der Waals surface area (Å²) in [5.41, 5.74) is 3.76. The molecular formula is C17H16N2O3S. The minimum absolute atomic E-state index is 0.0617. The van der Waals surface area contributed by atoms with Crippen molar-refractivity contribution in [2.45, 2.75) is 5.92 Å². The molecule has 1 fully saturated rings. The first-order valence-electron chi connectivity index (χ1n) is 7.56. The molecule has 0 radical (unpaired) electrons. The minimum atomic E-state index is -0.888. The number of nitrogens with one attached hydrogen (secondary N) is 1. The Morgan fingerprint density at radius 1 is 1.26 bits per heavy atom. The first-order chi connectivity index (χ1) is 11.1. The molecule has 0 unspecified atom stereocenters. The van der Waals surface area contributed by atoms with E-state index in [0.29, 0.717) is 25.2 Å². The van der Waals surface area contributed by atoms with Crippen LogP contribution < -0.4 is 5.32 Å². The van der Waals surface area contributed by atoms with Crippen molar-refractivity contribution >= 4 is 23.3 Å². The number of hydrogen-bond acceptors (Lipinski definition) is 3. The van der Waals surface area contributed by atoms with Gasteiger partial charge in [0.2, 0.25) is 0 Å². The Labute approximate surface area is 137 Å². The second-order valence-corrected chi connectivity index (χ2v) is 6.86. The van der Waals surface area contributed by atoms with Crippen LogP contribution in [0.1, 0.15) is 21.8 Å². The molecule has 0 spiro atoms. The van der Waals surface area contributed by atoms with E-state index in [-0.39, 0.29) is 17.7 Å². The molecule has 2 amide bonds. The number of nitrogens with zero attached hydrogens (tertiary/aromatic N) is 1. The molecule has 1 aromatic carbocycles. The Bertz CT molecular complexity index is 772. The number of amides is 2. The average Bonchev–Trinajstić information content (AvgIpc) is 3.19. The monoisotopic (exact) mass is 328 g/mol. The Kier molecular flexibility index (Phi) is 3.34. The quantitative estimate of drug-likeness (QED) is 0.846. The number of hydrogen-bond donors (Lipinski definition) is 2. The molecule has 5 nitrogen and oxygen atoms in total. The molecular weight excluding hydrogens is 312 g/mol. The van der Waals surface area contributed by atoms with Gasteiger partial charge in [-0.3, -0.25) is 4.79 Å². The molecule has 0 saturated carbocycles. The zero-order valence-corrected chi connectivity index (χ0v) is 13.2. The van der Waals surface area contributed by atoms with Crippen LogP contribution in [-0.4, -0.2) is 41.6 Å². The van der Waals surface area contributed by atoms with Gasteiger partial charge in [0.25, 0.3) is 5.91 Å². The summed E-state index contributed by atoms with van der Waals surface area (Å²) in [6.45, 7) is 1.46. The van der Waals surface area contributed by atoms with Gasteiger partial charge in [0.1, 0.15) is 0 Å². The normalized spacial score (nSPS) is 23.0. The van der Waals surface area contributed by atoms with E-state index in [4.69, 9.17) is 0 Å². The lowest BCUT2D eigenvalue weighted by molar-refractivity contribution is 0.0951. The zero-order valence-electron chi connectivity index (χ0n) is 12.4. The van der Waals surface area contributed by atoms with Gasteiger partial charge in [-0.2, -0.15) is 11.3 Å². The van der Waals surface area contributed by atoms with Crippen molar-refractivity contribution in [1.29, 1.82) is 0 Å². The number of benzene rings is 1. The van der Waals surface area contributed by atoms with E-state index in [1.807, 2.05) is 29.6 Å². The zero-order chi connectivity index (χ0) is 16.0. The number of fused-ring (bicyclic) bond motifs is 3. The lowest BCUT2D eigenvalue weighted by Gasteiger charge is -2.16. The third kappa shape index (κ3) is 2.39. The van der Waals surface area contributed by atoms with E-state index in [2.05, 4.69) is 10.7 Å². The molecule has 3 heterocycles. The maximum Gasteiger partial charge on any atom is 0.407 e. The van der Waals surface area contributed by atoms with Crippen molar-refractivity contribution in [3.63, 3.8) is 0 Å². The summed E-state index contributed by atoms with van der Waals surface area (Å²) >= 11 is 1.62.